The molecule has 1 atom stereocenters. The van der Waals surface area contributed by atoms with Crippen molar-refractivity contribution in [3.05, 3.63) is 64.5 Å². The standard InChI is InChI=1S/C22H22N2O3S/c1-15-22(25)24(13-16-6-4-3-5-7-16)19-12-17(8-9-20(19)27-15)18-14-28-21(23-18)10-11-26-2/h3-9,12,14-15H,10-11,13H2,1-2H3. The summed E-state index contributed by atoms with van der Waals surface area (Å²) in [7, 11) is 1.69. The minimum atomic E-state index is -0.498. The fourth-order valence-corrected chi connectivity index (χ4v) is 4.03. The van der Waals surface area contributed by atoms with Crippen molar-refractivity contribution >= 4 is 22.9 Å². The van der Waals surface area contributed by atoms with Crippen LogP contribution in [0.2, 0.25) is 0 Å². The average molecular weight is 394 g/mol. The van der Waals surface area contributed by atoms with Crippen molar-refractivity contribution in [2.24, 2.45) is 0 Å². The summed E-state index contributed by atoms with van der Waals surface area (Å²) in [6, 6.07) is 15.9. The maximum absolute atomic E-state index is 12.8. The summed E-state index contributed by atoms with van der Waals surface area (Å²) in [5, 5.41) is 3.08. The number of amides is 1. The Labute approximate surface area is 168 Å². The maximum atomic E-state index is 12.8. The van der Waals surface area contributed by atoms with Crippen molar-refractivity contribution in [3.63, 3.8) is 0 Å². The van der Waals surface area contributed by atoms with E-state index in [1.165, 1.54) is 0 Å². The summed E-state index contributed by atoms with van der Waals surface area (Å²) in [4.78, 5) is 19.3. The molecule has 0 fully saturated rings. The predicted molar refractivity (Wildman–Crippen MR) is 111 cm³/mol. The summed E-state index contributed by atoms with van der Waals surface area (Å²) < 4.78 is 11.0. The van der Waals surface area contributed by atoms with Crippen molar-refractivity contribution in [1.29, 1.82) is 0 Å². The number of benzene rings is 2. The van der Waals surface area contributed by atoms with Gasteiger partial charge in [0.25, 0.3) is 5.91 Å². The zero-order chi connectivity index (χ0) is 19.5. The van der Waals surface area contributed by atoms with E-state index in [0.29, 0.717) is 13.2 Å². The van der Waals surface area contributed by atoms with Crippen LogP contribution in [0, 0.1) is 0 Å². The molecule has 2 heterocycles. The van der Waals surface area contributed by atoms with Gasteiger partial charge in [0.15, 0.2) is 6.10 Å². The molecule has 0 bridgehead atoms. The highest BCUT2D eigenvalue weighted by atomic mass is 32.1. The SMILES string of the molecule is COCCc1nc(-c2ccc3c(c2)N(Cc2ccccc2)C(=O)C(C)O3)cs1. The Balaban J connectivity index is 1.67. The minimum absolute atomic E-state index is 0.0347. The van der Waals surface area contributed by atoms with E-state index in [9.17, 15) is 4.79 Å². The number of anilines is 1. The molecule has 0 saturated carbocycles. The lowest BCUT2D eigenvalue weighted by Crippen LogP contribution is -2.44. The Bertz CT molecular complexity index is 971. The minimum Gasteiger partial charge on any atom is -0.479 e. The van der Waals surface area contributed by atoms with Gasteiger partial charge in [0.2, 0.25) is 0 Å². The van der Waals surface area contributed by atoms with Gasteiger partial charge in [-0.2, -0.15) is 0 Å². The van der Waals surface area contributed by atoms with Crippen LogP contribution in [-0.4, -0.2) is 30.7 Å². The van der Waals surface area contributed by atoms with E-state index in [-0.39, 0.29) is 5.91 Å². The first kappa shape index (κ1) is 18.7. The molecule has 5 nitrogen and oxygen atoms in total. The number of hydrogen-bond acceptors (Lipinski definition) is 5. The zero-order valence-corrected chi connectivity index (χ0v) is 16.7. The quantitative estimate of drug-likeness (QED) is 0.625. The summed E-state index contributed by atoms with van der Waals surface area (Å²) in [6.45, 7) is 2.96. The molecule has 1 aliphatic rings. The number of carbonyl (C=O) groups excluding carboxylic acids is 1. The highest BCUT2D eigenvalue weighted by molar-refractivity contribution is 7.09. The van der Waals surface area contributed by atoms with E-state index in [2.05, 4.69) is 0 Å². The monoisotopic (exact) mass is 394 g/mol. The average Bonchev–Trinajstić information content (AvgIpc) is 3.19. The summed E-state index contributed by atoms with van der Waals surface area (Å²) in [5.74, 6) is 0.689. The topological polar surface area (TPSA) is 51.7 Å². The maximum Gasteiger partial charge on any atom is 0.268 e. The van der Waals surface area contributed by atoms with E-state index >= 15 is 0 Å². The molecule has 1 unspecified atom stereocenters. The van der Waals surface area contributed by atoms with Gasteiger partial charge >= 0.3 is 0 Å². The highest BCUT2D eigenvalue weighted by Crippen LogP contribution is 2.38. The molecule has 0 N–H and O–H groups in total. The molecule has 3 aromatic rings. The molecule has 6 heteroatoms. The molecule has 1 amide bonds. The van der Waals surface area contributed by atoms with Gasteiger partial charge in [0.1, 0.15) is 5.75 Å². The first-order valence-corrected chi connectivity index (χ1v) is 10.1. The number of fused-ring (bicyclic) bond motifs is 1. The van der Waals surface area contributed by atoms with E-state index in [4.69, 9.17) is 14.5 Å². The number of hydrogen-bond donors (Lipinski definition) is 0. The van der Waals surface area contributed by atoms with E-state index in [1.54, 1.807) is 30.3 Å². The van der Waals surface area contributed by atoms with Gasteiger partial charge in [-0.25, -0.2) is 4.98 Å². The molecule has 0 aliphatic carbocycles. The van der Waals surface area contributed by atoms with Crippen LogP contribution in [0.25, 0.3) is 11.3 Å². The van der Waals surface area contributed by atoms with Crippen molar-refractivity contribution < 1.29 is 14.3 Å². The molecule has 2 aromatic carbocycles. The first-order valence-electron chi connectivity index (χ1n) is 9.25. The molecule has 0 radical (unpaired) electrons. The summed E-state index contributed by atoms with van der Waals surface area (Å²) >= 11 is 1.62. The molecule has 1 aromatic heterocycles. The highest BCUT2D eigenvalue weighted by Gasteiger charge is 2.31. The molecular formula is C22H22N2O3S. The third-order valence-corrected chi connectivity index (χ3v) is 5.63. The van der Waals surface area contributed by atoms with Gasteiger partial charge in [-0.15, -0.1) is 11.3 Å². The van der Waals surface area contributed by atoms with Crippen LogP contribution in [0.5, 0.6) is 5.75 Å². The predicted octanol–water partition coefficient (Wildman–Crippen LogP) is 4.31. The van der Waals surface area contributed by atoms with Crippen LogP contribution in [0.15, 0.2) is 53.9 Å². The lowest BCUT2D eigenvalue weighted by molar-refractivity contribution is -0.125. The zero-order valence-electron chi connectivity index (χ0n) is 15.9. The Hall–Kier alpha value is -2.70. The molecule has 144 valence electrons. The Morgan fingerprint density at radius 2 is 2.04 bits per heavy atom. The van der Waals surface area contributed by atoms with Crippen LogP contribution in [0.4, 0.5) is 5.69 Å². The largest absolute Gasteiger partial charge is 0.479 e. The van der Waals surface area contributed by atoms with Gasteiger partial charge in [-0.05, 0) is 30.7 Å². The molecule has 1 aliphatic heterocycles. The van der Waals surface area contributed by atoms with Gasteiger partial charge in [0, 0.05) is 24.5 Å². The van der Waals surface area contributed by atoms with E-state index < -0.39 is 6.10 Å². The lowest BCUT2D eigenvalue weighted by atomic mass is 10.1. The smallest absolute Gasteiger partial charge is 0.268 e. The number of ether oxygens (including phenoxy) is 2. The van der Waals surface area contributed by atoms with E-state index in [1.807, 2.05) is 53.9 Å². The number of rotatable bonds is 6. The first-order chi connectivity index (χ1) is 13.7. The van der Waals surface area contributed by atoms with Crippen molar-refractivity contribution in [1.82, 2.24) is 4.98 Å². The summed E-state index contributed by atoms with van der Waals surface area (Å²) in [6.07, 6.45) is 0.299. The van der Waals surface area contributed by atoms with Crippen molar-refractivity contribution in [3.8, 4) is 17.0 Å². The van der Waals surface area contributed by atoms with Gasteiger partial charge in [-0.1, -0.05) is 30.3 Å². The Kier molecular flexibility index (Phi) is 5.41. The van der Waals surface area contributed by atoms with Crippen molar-refractivity contribution in [2.75, 3.05) is 18.6 Å². The third-order valence-electron chi connectivity index (χ3n) is 4.72. The third kappa shape index (κ3) is 3.79. The normalized spacial score (nSPS) is 16.0. The van der Waals surface area contributed by atoms with Gasteiger partial charge in [-0.3, -0.25) is 4.79 Å². The Morgan fingerprint density at radius 3 is 2.82 bits per heavy atom. The van der Waals surface area contributed by atoms with Crippen LogP contribution in [-0.2, 0) is 22.5 Å². The van der Waals surface area contributed by atoms with Crippen LogP contribution in [0.1, 0.15) is 17.5 Å². The molecule has 0 saturated heterocycles. The fourth-order valence-electron chi connectivity index (χ4n) is 3.24. The number of aromatic nitrogens is 1. The van der Waals surface area contributed by atoms with Crippen LogP contribution in [0.3, 0.4) is 0 Å². The number of thiazole rings is 1. The second-order valence-corrected chi connectivity index (χ2v) is 7.66. The summed E-state index contributed by atoms with van der Waals surface area (Å²) in [5.41, 5.74) is 3.75. The second kappa shape index (κ2) is 8.12. The number of carbonyl (C=O) groups is 1. The van der Waals surface area contributed by atoms with Crippen LogP contribution >= 0.6 is 11.3 Å². The van der Waals surface area contributed by atoms with Gasteiger partial charge in [0.05, 0.1) is 29.5 Å². The number of methoxy groups -OCH3 is 1. The van der Waals surface area contributed by atoms with Crippen molar-refractivity contribution in [2.45, 2.75) is 26.0 Å². The molecule has 0 spiro atoms. The number of nitrogens with zero attached hydrogens (tertiary/aromatic N) is 2. The fraction of sp³-hybridized carbons (Fsp3) is 0.273. The van der Waals surface area contributed by atoms with Gasteiger partial charge < -0.3 is 14.4 Å². The van der Waals surface area contributed by atoms with Crippen LogP contribution < -0.4 is 9.64 Å². The molecule has 4 rings (SSSR count). The lowest BCUT2D eigenvalue weighted by Gasteiger charge is -2.33. The van der Waals surface area contributed by atoms with E-state index in [0.717, 1.165) is 39.7 Å². The molecule has 28 heavy (non-hydrogen) atoms. The molecular weight excluding hydrogens is 372 g/mol. The Morgan fingerprint density at radius 1 is 1.21 bits per heavy atom. The second-order valence-electron chi connectivity index (χ2n) is 6.72.